The Kier molecular flexibility index (Phi) is 3.76. The highest BCUT2D eigenvalue weighted by atomic mass is 32.2. The molecule has 1 heterocycles. The molecule has 8 nitrogen and oxygen atoms in total. The second-order valence-electron chi connectivity index (χ2n) is 3.78. The summed E-state index contributed by atoms with van der Waals surface area (Å²) in [6.45, 7) is 1.75. The number of sulfonamides is 1. The van der Waals surface area contributed by atoms with E-state index in [1.165, 1.54) is 19.2 Å². The number of methoxy groups -OCH3 is 1. The first-order valence-electron chi connectivity index (χ1n) is 5.39. The van der Waals surface area contributed by atoms with E-state index in [2.05, 4.69) is 25.3 Å². The molecule has 2 aromatic rings. The van der Waals surface area contributed by atoms with Gasteiger partial charge in [0, 0.05) is 0 Å². The Labute approximate surface area is 110 Å². The molecule has 0 aliphatic heterocycles. The van der Waals surface area contributed by atoms with E-state index in [1.807, 2.05) is 0 Å². The van der Waals surface area contributed by atoms with Gasteiger partial charge in [-0.3, -0.25) is 0 Å². The third-order valence-electron chi connectivity index (χ3n) is 2.49. The van der Waals surface area contributed by atoms with Crippen LogP contribution in [0.3, 0.4) is 0 Å². The minimum absolute atomic E-state index is 0.0239. The predicted molar refractivity (Wildman–Crippen MR) is 65.9 cm³/mol. The van der Waals surface area contributed by atoms with E-state index in [-0.39, 0.29) is 17.3 Å². The van der Waals surface area contributed by atoms with Gasteiger partial charge in [-0.1, -0.05) is 5.21 Å². The van der Waals surface area contributed by atoms with Gasteiger partial charge in [-0.15, -0.1) is 10.2 Å². The predicted octanol–water partition coefficient (Wildman–Crippen LogP) is -0.00478. The van der Waals surface area contributed by atoms with Crippen molar-refractivity contribution in [3.8, 4) is 5.75 Å². The van der Waals surface area contributed by atoms with E-state index in [0.29, 0.717) is 5.75 Å². The van der Waals surface area contributed by atoms with Crippen molar-refractivity contribution in [2.45, 2.75) is 18.4 Å². The van der Waals surface area contributed by atoms with E-state index in [1.54, 1.807) is 13.0 Å². The fourth-order valence-electron chi connectivity index (χ4n) is 1.52. The standard InChI is InChI=1S/C10H13N5O3S/c1-7-5-8(3-4-9(7)18-2)19(16,17)11-6-10-12-14-15-13-10/h3-5,11H,6H2,1-2H3,(H,12,13,14,15). The molecule has 2 rings (SSSR count). The van der Waals surface area contributed by atoms with E-state index in [9.17, 15) is 8.42 Å². The number of nitrogens with one attached hydrogen (secondary N) is 2. The molecule has 0 bridgehead atoms. The number of rotatable bonds is 5. The summed E-state index contributed by atoms with van der Waals surface area (Å²) in [5, 5.41) is 12.9. The fourth-order valence-corrected chi connectivity index (χ4v) is 2.58. The van der Waals surface area contributed by atoms with Crippen molar-refractivity contribution in [2.24, 2.45) is 0 Å². The van der Waals surface area contributed by atoms with Crippen molar-refractivity contribution < 1.29 is 13.2 Å². The Balaban J connectivity index is 2.17. The van der Waals surface area contributed by atoms with Crippen LogP contribution < -0.4 is 9.46 Å². The molecule has 0 radical (unpaired) electrons. The normalized spacial score (nSPS) is 11.5. The Morgan fingerprint density at radius 2 is 2.21 bits per heavy atom. The highest BCUT2D eigenvalue weighted by molar-refractivity contribution is 7.89. The van der Waals surface area contributed by atoms with Gasteiger partial charge in [0.05, 0.1) is 18.6 Å². The molecule has 0 unspecified atom stereocenters. The summed E-state index contributed by atoms with van der Waals surface area (Å²) in [4.78, 5) is 0.161. The third kappa shape index (κ3) is 3.06. The van der Waals surface area contributed by atoms with Crippen LogP contribution in [-0.2, 0) is 16.6 Å². The van der Waals surface area contributed by atoms with Crippen molar-refractivity contribution >= 4 is 10.0 Å². The number of aromatic amines is 1. The second kappa shape index (κ2) is 5.33. The summed E-state index contributed by atoms with van der Waals surface area (Å²) in [7, 11) is -2.08. The minimum atomic E-state index is -3.61. The highest BCUT2D eigenvalue weighted by Crippen LogP contribution is 2.21. The quantitative estimate of drug-likeness (QED) is 0.799. The summed E-state index contributed by atoms with van der Waals surface area (Å²) in [6.07, 6.45) is 0. The lowest BCUT2D eigenvalue weighted by molar-refractivity contribution is 0.411. The molecule has 0 atom stereocenters. The Morgan fingerprint density at radius 3 is 2.79 bits per heavy atom. The molecular weight excluding hydrogens is 270 g/mol. The Hall–Kier alpha value is -2.00. The maximum Gasteiger partial charge on any atom is 0.240 e. The van der Waals surface area contributed by atoms with Crippen LogP contribution in [0, 0.1) is 6.92 Å². The SMILES string of the molecule is COc1ccc(S(=O)(=O)NCc2nn[nH]n2)cc1C. The summed E-state index contributed by atoms with van der Waals surface area (Å²) >= 11 is 0. The summed E-state index contributed by atoms with van der Waals surface area (Å²) in [6, 6.07) is 4.63. The first-order chi connectivity index (χ1) is 9.03. The van der Waals surface area contributed by atoms with Gasteiger partial charge in [0.15, 0.2) is 5.82 Å². The second-order valence-corrected chi connectivity index (χ2v) is 5.55. The number of aryl methyl sites for hydroxylation is 1. The lowest BCUT2D eigenvalue weighted by Crippen LogP contribution is -2.24. The fraction of sp³-hybridized carbons (Fsp3) is 0.300. The van der Waals surface area contributed by atoms with Crippen LogP contribution in [0.4, 0.5) is 0 Å². The monoisotopic (exact) mass is 283 g/mol. The van der Waals surface area contributed by atoms with E-state index >= 15 is 0 Å². The molecule has 102 valence electrons. The van der Waals surface area contributed by atoms with Gasteiger partial charge in [0.25, 0.3) is 0 Å². The van der Waals surface area contributed by atoms with E-state index in [0.717, 1.165) is 5.56 Å². The minimum Gasteiger partial charge on any atom is -0.496 e. The van der Waals surface area contributed by atoms with Crippen LogP contribution in [-0.4, -0.2) is 36.2 Å². The van der Waals surface area contributed by atoms with Crippen LogP contribution in [0.15, 0.2) is 23.1 Å². The van der Waals surface area contributed by atoms with Crippen LogP contribution in [0.2, 0.25) is 0 Å². The number of ether oxygens (including phenoxy) is 1. The topological polar surface area (TPSA) is 110 Å². The summed E-state index contributed by atoms with van der Waals surface area (Å²) in [5.41, 5.74) is 0.741. The molecule has 0 spiro atoms. The average molecular weight is 283 g/mol. The largest absolute Gasteiger partial charge is 0.496 e. The smallest absolute Gasteiger partial charge is 0.240 e. The van der Waals surface area contributed by atoms with Crippen LogP contribution in [0.25, 0.3) is 0 Å². The lowest BCUT2D eigenvalue weighted by atomic mass is 10.2. The molecule has 0 amide bonds. The van der Waals surface area contributed by atoms with Gasteiger partial charge in [0.2, 0.25) is 10.0 Å². The van der Waals surface area contributed by atoms with E-state index < -0.39 is 10.0 Å². The highest BCUT2D eigenvalue weighted by Gasteiger charge is 2.16. The van der Waals surface area contributed by atoms with Crippen molar-refractivity contribution in [3.05, 3.63) is 29.6 Å². The number of aromatic nitrogens is 4. The molecule has 2 N–H and O–H groups in total. The molecule has 0 saturated heterocycles. The van der Waals surface area contributed by atoms with Gasteiger partial charge in [-0.05, 0) is 30.7 Å². The number of H-pyrrole nitrogens is 1. The first kappa shape index (κ1) is 13.4. The van der Waals surface area contributed by atoms with Gasteiger partial charge in [0.1, 0.15) is 5.75 Å². The van der Waals surface area contributed by atoms with Crippen molar-refractivity contribution in [1.29, 1.82) is 0 Å². The zero-order valence-electron chi connectivity index (χ0n) is 10.4. The Morgan fingerprint density at radius 1 is 1.42 bits per heavy atom. The maximum atomic E-state index is 12.0. The molecule has 0 saturated carbocycles. The molecule has 0 aliphatic carbocycles. The summed E-state index contributed by atoms with van der Waals surface area (Å²) < 4.78 is 31.6. The number of hydrogen-bond acceptors (Lipinski definition) is 6. The molecular formula is C10H13N5O3S. The molecule has 9 heteroatoms. The van der Waals surface area contributed by atoms with Gasteiger partial charge < -0.3 is 4.74 Å². The van der Waals surface area contributed by atoms with Gasteiger partial charge >= 0.3 is 0 Å². The van der Waals surface area contributed by atoms with Crippen LogP contribution in [0.5, 0.6) is 5.75 Å². The van der Waals surface area contributed by atoms with Gasteiger partial charge in [-0.2, -0.15) is 5.21 Å². The number of nitrogens with zero attached hydrogens (tertiary/aromatic N) is 3. The maximum absolute atomic E-state index is 12.0. The van der Waals surface area contributed by atoms with Crippen molar-refractivity contribution in [2.75, 3.05) is 7.11 Å². The number of hydrogen-bond donors (Lipinski definition) is 2. The molecule has 0 fully saturated rings. The number of tetrazole rings is 1. The van der Waals surface area contributed by atoms with Crippen LogP contribution >= 0.6 is 0 Å². The van der Waals surface area contributed by atoms with Crippen molar-refractivity contribution in [3.63, 3.8) is 0 Å². The van der Waals surface area contributed by atoms with Crippen molar-refractivity contribution in [1.82, 2.24) is 25.3 Å². The molecule has 19 heavy (non-hydrogen) atoms. The van der Waals surface area contributed by atoms with E-state index in [4.69, 9.17) is 4.74 Å². The lowest BCUT2D eigenvalue weighted by Gasteiger charge is -2.08. The third-order valence-corrected chi connectivity index (χ3v) is 3.89. The van der Waals surface area contributed by atoms with Gasteiger partial charge in [-0.25, -0.2) is 13.1 Å². The molecule has 0 aliphatic rings. The zero-order chi connectivity index (χ0) is 13.9. The summed E-state index contributed by atoms with van der Waals surface area (Å²) in [5.74, 6) is 0.908. The number of benzene rings is 1. The average Bonchev–Trinajstić information content (AvgIpc) is 2.89. The first-order valence-corrected chi connectivity index (χ1v) is 6.88. The molecule has 1 aromatic carbocycles. The zero-order valence-corrected chi connectivity index (χ0v) is 11.2. The molecule has 1 aromatic heterocycles. The van der Waals surface area contributed by atoms with Crippen LogP contribution in [0.1, 0.15) is 11.4 Å². The Bertz CT molecular complexity index is 654.